The van der Waals surface area contributed by atoms with Gasteiger partial charge in [0.1, 0.15) is 0 Å². The highest BCUT2D eigenvalue weighted by Crippen LogP contribution is 2.21. The van der Waals surface area contributed by atoms with Crippen LogP contribution in [0.25, 0.3) is 0 Å². The third kappa shape index (κ3) is 2.62. The fourth-order valence-corrected chi connectivity index (χ4v) is 2.37. The Morgan fingerprint density at radius 1 is 1.27 bits per heavy atom. The molecule has 0 amide bonds. The Balaban J connectivity index is 2.28. The summed E-state index contributed by atoms with van der Waals surface area (Å²) < 4.78 is 1.87. The van der Waals surface area contributed by atoms with Crippen molar-refractivity contribution in [2.75, 3.05) is 0 Å². The number of benzene rings is 1. The zero-order chi connectivity index (χ0) is 10.8. The summed E-state index contributed by atoms with van der Waals surface area (Å²) in [6.07, 6.45) is 1.75. The van der Waals surface area contributed by atoms with E-state index in [1.807, 2.05) is 10.0 Å². The van der Waals surface area contributed by atoms with Gasteiger partial charge in [-0.15, -0.1) is 0 Å². The van der Waals surface area contributed by atoms with Crippen LogP contribution < -0.4 is 4.74 Å². The van der Waals surface area contributed by atoms with Crippen LogP contribution in [0, 0.1) is 0 Å². The summed E-state index contributed by atoms with van der Waals surface area (Å²) in [4.78, 5) is 11.0. The molecule has 15 heavy (non-hydrogen) atoms. The standard InChI is InChI=1S/C10H7Cl2NOS/c11-8-2-1-7(9(12)5-8)6-13-4-3-10(14)15-13/h1-5H,6H2. The molecule has 0 aliphatic rings. The molecule has 1 aromatic carbocycles. The normalized spacial score (nSPS) is 10.5. The van der Waals surface area contributed by atoms with Crippen LogP contribution in [0.5, 0.6) is 0 Å². The van der Waals surface area contributed by atoms with E-state index in [4.69, 9.17) is 23.2 Å². The number of halogens is 2. The lowest BCUT2D eigenvalue weighted by atomic mass is 10.2. The van der Waals surface area contributed by atoms with Gasteiger partial charge in [-0.1, -0.05) is 29.3 Å². The molecule has 0 aliphatic carbocycles. The maximum absolute atomic E-state index is 11.0. The molecule has 0 saturated heterocycles. The number of hydrogen-bond acceptors (Lipinski definition) is 2. The molecule has 0 radical (unpaired) electrons. The average Bonchev–Trinajstić information content (AvgIpc) is 2.56. The summed E-state index contributed by atoms with van der Waals surface area (Å²) >= 11 is 13.0. The van der Waals surface area contributed by atoms with Gasteiger partial charge in [-0.2, -0.15) is 0 Å². The van der Waals surface area contributed by atoms with Crippen LogP contribution in [0.15, 0.2) is 35.3 Å². The van der Waals surface area contributed by atoms with E-state index in [0.717, 1.165) is 17.1 Å². The van der Waals surface area contributed by atoms with Crippen LogP contribution in [-0.4, -0.2) is 3.96 Å². The smallest absolute Gasteiger partial charge is 0.249 e. The van der Waals surface area contributed by atoms with Gasteiger partial charge >= 0.3 is 0 Å². The first-order valence-electron chi connectivity index (χ1n) is 4.26. The fourth-order valence-electron chi connectivity index (χ4n) is 1.22. The Kier molecular flexibility index (Phi) is 3.14. The second-order valence-electron chi connectivity index (χ2n) is 3.04. The Morgan fingerprint density at radius 2 is 2.07 bits per heavy atom. The summed E-state index contributed by atoms with van der Waals surface area (Å²) in [5, 5.41) is 1.24. The van der Waals surface area contributed by atoms with Crippen molar-refractivity contribution in [3.8, 4) is 0 Å². The van der Waals surface area contributed by atoms with Gasteiger partial charge in [0.15, 0.2) is 0 Å². The SMILES string of the molecule is O=c1ccn(Cc2ccc(Cl)cc2Cl)s1. The molecule has 1 aromatic heterocycles. The third-order valence-corrected chi connectivity index (χ3v) is 3.31. The van der Waals surface area contributed by atoms with Gasteiger partial charge < -0.3 is 0 Å². The third-order valence-electron chi connectivity index (χ3n) is 1.93. The van der Waals surface area contributed by atoms with Crippen LogP contribution in [-0.2, 0) is 6.54 Å². The maximum atomic E-state index is 11.0. The number of aromatic nitrogens is 1. The Labute approximate surface area is 101 Å². The molecule has 2 rings (SSSR count). The van der Waals surface area contributed by atoms with Crippen molar-refractivity contribution in [2.45, 2.75) is 6.54 Å². The van der Waals surface area contributed by atoms with E-state index in [1.165, 1.54) is 6.07 Å². The number of hydrogen-bond donors (Lipinski definition) is 0. The Bertz CT molecular complexity index is 532. The molecule has 0 N–H and O–H groups in total. The van der Waals surface area contributed by atoms with Crippen molar-refractivity contribution >= 4 is 34.7 Å². The van der Waals surface area contributed by atoms with Crippen LogP contribution in [0.2, 0.25) is 10.0 Å². The van der Waals surface area contributed by atoms with Gasteiger partial charge in [-0.05, 0) is 29.2 Å². The highest BCUT2D eigenvalue weighted by atomic mass is 35.5. The fraction of sp³-hybridized carbons (Fsp3) is 0.100. The quantitative estimate of drug-likeness (QED) is 0.812. The molecule has 1 heterocycles. The molecule has 0 atom stereocenters. The molecule has 0 unspecified atom stereocenters. The second-order valence-corrected chi connectivity index (χ2v) is 4.93. The van der Waals surface area contributed by atoms with E-state index in [-0.39, 0.29) is 4.74 Å². The molecule has 78 valence electrons. The largest absolute Gasteiger partial charge is 0.298 e. The van der Waals surface area contributed by atoms with E-state index in [2.05, 4.69) is 0 Å². The van der Waals surface area contributed by atoms with E-state index in [1.54, 1.807) is 18.3 Å². The first-order valence-corrected chi connectivity index (χ1v) is 5.79. The van der Waals surface area contributed by atoms with Crippen LogP contribution >= 0.6 is 34.7 Å². The molecule has 2 aromatic rings. The van der Waals surface area contributed by atoms with Crippen LogP contribution in [0.4, 0.5) is 0 Å². The molecular weight excluding hydrogens is 253 g/mol. The summed E-state index contributed by atoms with van der Waals surface area (Å²) in [6.45, 7) is 0.600. The number of nitrogens with zero attached hydrogens (tertiary/aromatic N) is 1. The predicted molar refractivity (Wildman–Crippen MR) is 64.1 cm³/mol. The predicted octanol–water partition coefficient (Wildman–Crippen LogP) is 3.26. The van der Waals surface area contributed by atoms with Crippen LogP contribution in [0.1, 0.15) is 5.56 Å². The van der Waals surface area contributed by atoms with Gasteiger partial charge in [-0.25, -0.2) is 0 Å². The van der Waals surface area contributed by atoms with Gasteiger partial charge in [0.05, 0.1) is 6.54 Å². The zero-order valence-electron chi connectivity index (χ0n) is 7.61. The van der Waals surface area contributed by atoms with Gasteiger partial charge in [-0.3, -0.25) is 8.75 Å². The molecule has 2 nitrogen and oxygen atoms in total. The van der Waals surface area contributed by atoms with Gasteiger partial charge in [0.2, 0.25) is 4.74 Å². The minimum Gasteiger partial charge on any atom is -0.298 e. The highest BCUT2D eigenvalue weighted by molar-refractivity contribution is 7.03. The topological polar surface area (TPSA) is 22.0 Å². The van der Waals surface area contributed by atoms with Crippen molar-refractivity contribution < 1.29 is 0 Å². The van der Waals surface area contributed by atoms with Gasteiger partial charge in [0, 0.05) is 22.3 Å². The van der Waals surface area contributed by atoms with E-state index in [0.29, 0.717) is 16.6 Å². The molecule has 0 spiro atoms. The lowest BCUT2D eigenvalue weighted by Crippen LogP contribution is -1.95. The first-order chi connectivity index (χ1) is 7.15. The monoisotopic (exact) mass is 259 g/mol. The van der Waals surface area contributed by atoms with Crippen LogP contribution in [0.3, 0.4) is 0 Å². The van der Waals surface area contributed by atoms with Crippen molar-refractivity contribution in [3.63, 3.8) is 0 Å². The summed E-state index contributed by atoms with van der Waals surface area (Å²) in [5.41, 5.74) is 0.952. The van der Waals surface area contributed by atoms with Crippen molar-refractivity contribution in [1.82, 2.24) is 3.96 Å². The van der Waals surface area contributed by atoms with Crippen molar-refractivity contribution in [2.24, 2.45) is 0 Å². The molecule has 0 fully saturated rings. The Hall–Kier alpha value is -0.770. The molecule has 0 saturated carbocycles. The first kappa shape index (κ1) is 10.7. The highest BCUT2D eigenvalue weighted by Gasteiger charge is 2.02. The minimum atomic E-state index is 0.0417. The lowest BCUT2D eigenvalue weighted by molar-refractivity contribution is 0.882. The molecule has 5 heteroatoms. The van der Waals surface area contributed by atoms with Crippen molar-refractivity contribution in [1.29, 1.82) is 0 Å². The van der Waals surface area contributed by atoms with E-state index in [9.17, 15) is 4.79 Å². The lowest BCUT2D eigenvalue weighted by Gasteiger charge is -2.04. The van der Waals surface area contributed by atoms with Gasteiger partial charge in [0.25, 0.3) is 0 Å². The van der Waals surface area contributed by atoms with E-state index < -0.39 is 0 Å². The molecule has 0 bridgehead atoms. The van der Waals surface area contributed by atoms with Crippen molar-refractivity contribution in [3.05, 3.63) is 55.6 Å². The summed E-state index contributed by atoms with van der Waals surface area (Å²) in [5.74, 6) is 0. The molecule has 0 aliphatic heterocycles. The zero-order valence-corrected chi connectivity index (χ0v) is 9.94. The second kappa shape index (κ2) is 4.39. The molecular formula is C10H7Cl2NOS. The average molecular weight is 260 g/mol. The summed E-state index contributed by atoms with van der Waals surface area (Å²) in [7, 11) is 0. The van der Waals surface area contributed by atoms with E-state index >= 15 is 0 Å². The summed E-state index contributed by atoms with van der Waals surface area (Å²) in [6, 6.07) is 6.89. The minimum absolute atomic E-state index is 0.0417. The number of rotatable bonds is 2. The maximum Gasteiger partial charge on any atom is 0.249 e. The Morgan fingerprint density at radius 3 is 2.67 bits per heavy atom.